The number of piperidine rings is 1. The molecule has 3 N–H and O–H groups in total. The van der Waals surface area contributed by atoms with Crippen LogP contribution in [0.1, 0.15) is 12.8 Å². The molecule has 170 valence electrons. The average molecular weight is 441 g/mol. The van der Waals surface area contributed by atoms with Crippen molar-refractivity contribution < 1.29 is 19.4 Å². The summed E-state index contributed by atoms with van der Waals surface area (Å²) in [7, 11) is 3.19. The summed E-state index contributed by atoms with van der Waals surface area (Å²) in [6.07, 6.45) is 5.07. The number of carbonyl (C=O) groups is 1. The number of hydrogen-bond acceptors (Lipinski definition) is 9. The van der Waals surface area contributed by atoms with Crippen molar-refractivity contribution in [2.45, 2.75) is 12.8 Å². The number of aliphatic hydroxyl groups is 1. The molecule has 1 fully saturated rings. The van der Waals surface area contributed by atoms with Crippen LogP contribution >= 0.6 is 0 Å². The first-order chi connectivity index (χ1) is 15.6. The zero-order valence-corrected chi connectivity index (χ0v) is 18.1. The van der Waals surface area contributed by atoms with Gasteiger partial charge in [0.2, 0.25) is 11.9 Å². The van der Waals surface area contributed by atoms with Crippen LogP contribution in [0, 0.1) is 5.92 Å². The first-order valence-corrected chi connectivity index (χ1v) is 10.5. The van der Waals surface area contributed by atoms with E-state index < -0.39 is 0 Å². The highest BCUT2D eigenvalue weighted by atomic mass is 16.5. The molecule has 11 nitrogen and oxygen atoms in total. The van der Waals surface area contributed by atoms with Gasteiger partial charge < -0.3 is 30.1 Å². The van der Waals surface area contributed by atoms with E-state index in [0.717, 1.165) is 25.1 Å². The molecule has 0 spiro atoms. The minimum absolute atomic E-state index is 0.0495. The van der Waals surface area contributed by atoms with Gasteiger partial charge in [-0.3, -0.25) is 4.79 Å². The third-order valence-corrected chi connectivity index (χ3v) is 5.35. The second-order valence-corrected chi connectivity index (χ2v) is 7.48. The van der Waals surface area contributed by atoms with Crippen molar-refractivity contribution in [3.8, 4) is 11.5 Å². The standard InChI is InChI=1S/C21H27N7O4/c1-31-16-10-15(11-17(12-16)32-2)24-21-25-19-18(22-5-8-28(19)26-21)27-7-3-4-14(13-27)20(30)23-6-9-29/h5,8,10-12,14,29H,3-4,6-7,9,13H2,1-2H3,(H,23,30)(H,24,26). The molecule has 1 unspecified atom stereocenters. The smallest absolute Gasteiger partial charge is 0.247 e. The fourth-order valence-corrected chi connectivity index (χ4v) is 3.80. The van der Waals surface area contributed by atoms with E-state index in [1.54, 1.807) is 37.2 Å². The Hall–Kier alpha value is -3.60. The van der Waals surface area contributed by atoms with Crippen LogP contribution in [-0.2, 0) is 4.79 Å². The van der Waals surface area contributed by atoms with Crippen LogP contribution in [-0.4, -0.2) is 71.1 Å². The number of methoxy groups -OCH3 is 2. The van der Waals surface area contributed by atoms with E-state index in [4.69, 9.17) is 14.6 Å². The van der Waals surface area contributed by atoms with Gasteiger partial charge in [-0.1, -0.05) is 0 Å². The average Bonchev–Trinajstić information content (AvgIpc) is 3.24. The van der Waals surface area contributed by atoms with Gasteiger partial charge in [-0.15, -0.1) is 5.10 Å². The molecule has 4 rings (SSSR count). The van der Waals surface area contributed by atoms with Gasteiger partial charge >= 0.3 is 0 Å². The lowest BCUT2D eigenvalue weighted by Crippen LogP contribution is -2.44. The number of aromatic nitrogens is 4. The topological polar surface area (TPSA) is 126 Å². The molecular weight excluding hydrogens is 414 g/mol. The number of carbonyl (C=O) groups excluding carboxylic acids is 1. The van der Waals surface area contributed by atoms with E-state index in [9.17, 15) is 4.79 Å². The summed E-state index contributed by atoms with van der Waals surface area (Å²) in [5, 5.41) is 19.4. The van der Waals surface area contributed by atoms with Gasteiger partial charge in [-0.2, -0.15) is 4.98 Å². The van der Waals surface area contributed by atoms with Crippen molar-refractivity contribution in [2.24, 2.45) is 5.92 Å². The first-order valence-electron chi connectivity index (χ1n) is 10.5. The second kappa shape index (κ2) is 9.69. The van der Waals surface area contributed by atoms with Crippen LogP contribution in [0.15, 0.2) is 30.6 Å². The Bertz CT molecular complexity index is 1060. The van der Waals surface area contributed by atoms with Crippen LogP contribution in [0.25, 0.3) is 5.65 Å². The maximum atomic E-state index is 12.4. The largest absolute Gasteiger partial charge is 0.497 e. The van der Waals surface area contributed by atoms with Crippen molar-refractivity contribution in [1.29, 1.82) is 0 Å². The van der Waals surface area contributed by atoms with Crippen molar-refractivity contribution in [3.63, 3.8) is 0 Å². The number of benzene rings is 1. The Morgan fingerprint density at radius 2 is 2.03 bits per heavy atom. The Balaban J connectivity index is 1.57. The van der Waals surface area contributed by atoms with Gasteiger partial charge in [0.15, 0.2) is 11.5 Å². The highest BCUT2D eigenvalue weighted by Crippen LogP contribution is 2.29. The molecule has 1 saturated heterocycles. The lowest BCUT2D eigenvalue weighted by molar-refractivity contribution is -0.125. The molecule has 0 bridgehead atoms. The van der Waals surface area contributed by atoms with E-state index in [-0.39, 0.29) is 25.0 Å². The summed E-state index contributed by atoms with van der Waals surface area (Å²) in [6, 6.07) is 5.44. The van der Waals surface area contributed by atoms with Gasteiger partial charge in [0, 0.05) is 55.9 Å². The molecule has 3 heterocycles. The summed E-state index contributed by atoms with van der Waals surface area (Å²) >= 11 is 0. The third kappa shape index (κ3) is 4.67. The summed E-state index contributed by atoms with van der Waals surface area (Å²) in [5.41, 5.74) is 1.33. The number of hydrogen-bond donors (Lipinski definition) is 3. The molecular formula is C21H27N7O4. The maximum Gasteiger partial charge on any atom is 0.247 e. The van der Waals surface area contributed by atoms with Crippen LogP contribution in [0.2, 0.25) is 0 Å². The maximum absolute atomic E-state index is 12.4. The fraction of sp³-hybridized carbons (Fsp3) is 0.429. The molecule has 11 heteroatoms. The Labute approximate surface area is 185 Å². The van der Waals surface area contributed by atoms with Gasteiger partial charge in [-0.05, 0) is 12.8 Å². The molecule has 1 atom stereocenters. The Kier molecular flexibility index (Phi) is 6.55. The molecule has 32 heavy (non-hydrogen) atoms. The zero-order chi connectivity index (χ0) is 22.5. The van der Waals surface area contributed by atoms with Crippen molar-refractivity contribution >= 4 is 29.0 Å². The number of nitrogens with one attached hydrogen (secondary N) is 2. The lowest BCUT2D eigenvalue weighted by Gasteiger charge is -2.32. The molecule has 1 aromatic carbocycles. The molecule has 2 aromatic heterocycles. The quantitative estimate of drug-likeness (QED) is 0.473. The van der Waals surface area contributed by atoms with Gasteiger partial charge in [-0.25, -0.2) is 9.50 Å². The summed E-state index contributed by atoms with van der Waals surface area (Å²) in [4.78, 5) is 23.6. The summed E-state index contributed by atoms with van der Waals surface area (Å²) < 4.78 is 12.3. The molecule has 1 aliphatic heterocycles. The minimum Gasteiger partial charge on any atom is -0.497 e. The monoisotopic (exact) mass is 441 g/mol. The lowest BCUT2D eigenvalue weighted by atomic mass is 9.97. The predicted octanol–water partition coefficient (Wildman–Crippen LogP) is 1.21. The third-order valence-electron chi connectivity index (χ3n) is 5.35. The van der Waals surface area contributed by atoms with Crippen molar-refractivity contribution in [2.75, 3.05) is 50.7 Å². The minimum atomic E-state index is -0.165. The van der Waals surface area contributed by atoms with Gasteiger partial charge in [0.1, 0.15) is 11.5 Å². The molecule has 1 amide bonds. The number of amides is 1. The highest BCUT2D eigenvalue weighted by Gasteiger charge is 2.28. The van der Waals surface area contributed by atoms with E-state index >= 15 is 0 Å². The number of aliphatic hydroxyl groups excluding tert-OH is 1. The zero-order valence-electron chi connectivity index (χ0n) is 18.1. The van der Waals surface area contributed by atoms with Gasteiger partial charge in [0.25, 0.3) is 0 Å². The van der Waals surface area contributed by atoms with Crippen LogP contribution in [0.3, 0.4) is 0 Å². The number of nitrogens with zero attached hydrogens (tertiary/aromatic N) is 5. The summed E-state index contributed by atoms with van der Waals surface area (Å²) in [6.45, 7) is 1.50. The summed E-state index contributed by atoms with van der Waals surface area (Å²) in [5.74, 6) is 2.17. The predicted molar refractivity (Wildman–Crippen MR) is 119 cm³/mol. The Morgan fingerprint density at radius 3 is 2.75 bits per heavy atom. The normalized spacial score (nSPS) is 16.1. The van der Waals surface area contributed by atoms with Crippen LogP contribution in [0.5, 0.6) is 11.5 Å². The molecule has 1 aliphatic rings. The van der Waals surface area contributed by atoms with Gasteiger partial charge in [0.05, 0.1) is 26.7 Å². The van der Waals surface area contributed by atoms with E-state index in [1.807, 2.05) is 12.1 Å². The molecule has 0 saturated carbocycles. The second-order valence-electron chi connectivity index (χ2n) is 7.48. The van der Waals surface area contributed by atoms with E-state index in [2.05, 4.69) is 30.6 Å². The highest BCUT2D eigenvalue weighted by molar-refractivity contribution is 5.80. The SMILES string of the molecule is COc1cc(Nc2nc3c(N4CCCC(C(=O)NCCO)C4)nccn3n2)cc(OC)c1. The van der Waals surface area contributed by atoms with Crippen molar-refractivity contribution in [1.82, 2.24) is 24.9 Å². The van der Waals surface area contributed by atoms with Crippen LogP contribution < -0.4 is 25.0 Å². The molecule has 0 aliphatic carbocycles. The molecule has 0 radical (unpaired) electrons. The van der Waals surface area contributed by atoms with E-state index in [1.165, 1.54) is 0 Å². The fourth-order valence-electron chi connectivity index (χ4n) is 3.80. The van der Waals surface area contributed by atoms with Crippen molar-refractivity contribution in [3.05, 3.63) is 30.6 Å². The number of anilines is 3. The number of ether oxygens (including phenoxy) is 2. The molecule has 3 aromatic rings. The van der Waals surface area contributed by atoms with Crippen LogP contribution in [0.4, 0.5) is 17.5 Å². The Morgan fingerprint density at radius 1 is 1.25 bits per heavy atom. The van der Waals surface area contributed by atoms with E-state index in [0.29, 0.717) is 35.5 Å². The number of rotatable bonds is 8. The number of fused-ring (bicyclic) bond motifs is 1. The first kappa shape index (κ1) is 21.6.